The topological polar surface area (TPSA) is 82.5 Å². The van der Waals surface area contributed by atoms with Crippen molar-refractivity contribution in [2.45, 2.75) is 32.6 Å². The summed E-state index contributed by atoms with van der Waals surface area (Å²) in [5.74, 6) is -0.264. The molecular formula is C13H19N3O3S. The molecule has 0 spiro atoms. The molecule has 0 atom stereocenters. The molecule has 110 valence electrons. The van der Waals surface area contributed by atoms with E-state index < -0.39 is 12.0 Å². The Morgan fingerprint density at radius 3 is 2.80 bits per heavy atom. The maximum Gasteiger partial charge on any atom is 0.324 e. The monoisotopic (exact) mass is 297 g/mol. The molecule has 0 radical (unpaired) electrons. The number of rotatable bonds is 6. The zero-order chi connectivity index (χ0) is 14.7. The van der Waals surface area contributed by atoms with E-state index in [4.69, 9.17) is 5.11 Å². The van der Waals surface area contributed by atoms with Crippen LogP contribution in [0.25, 0.3) is 0 Å². The van der Waals surface area contributed by atoms with Gasteiger partial charge in [-0.1, -0.05) is 13.8 Å². The third kappa shape index (κ3) is 4.19. The van der Waals surface area contributed by atoms with Crippen LogP contribution < -0.4 is 5.32 Å². The van der Waals surface area contributed by atoms with Crippen LogP contribution in [0, 0.1) is 5.92 Å². The van der Waals surface area contributed by atoms with E-state index in [2.05, 4.69) is 10.3 Å². The van der Waals surface area contributed by atoms with Crippen molar-refractivity contribution in [1.29, 1.82) is 0 Å². The molecule has 7 heteroatoms. The number of carboxylic acids is 1. The van der Waals surface area contributed by atoms with E-state index in [-0.39, 0.29) is 12.5 Å². The number of hydrogen-bond donors (Lipinski definition) is 2. The van der Waals surface area contributed by atoms with E-state index in [1.165, 1.54) is 16.2 Å². The Morgan fingerprint density at radius 1 is 1.55 bits per heavy atom. The van der Waals surface area contributed by atoms with Crippen molar-refractivity contribution in [3.63, 3.8) is 0 Å². The lowest BCUT2D eigenvalue weighted by Gasteiger charge is -2.22. The predicted octanol–water partition coefficient (Wildman–Crippen LogP) is 2.60. The first-order valence-electron chi connectivity index (χ1n) is 6.69. The van der Waals surface area contributed by atoms with Crippen LogP contribution in [0.2, 0.25) is 0 Å². The number of hydrogen-bond acceptors (Lipinski definition) is 4. The molecule has 1 fully saturated rings. The van der Waals surface area contributed by atoms with Crippen LogP contribution in [0.15, 0.2) is 5.38 Å². The third-order valence-corrected chi connectivity index (χ3v) is 3.71. The Balaban J connectivity index is 1.96. The molecule has 2 N–H and O–H groups in total. The molecule has 0 aromatic carbocycles. The van der Waals surface area contributed by atoms with Gasteiger partial charge in [0.05, 0.1) is 5.69 Å². The second kappa shape index (κ2) is 6.21. The van der Waals surface area contributed by atoms with E-state index in [1.807, 2.05) is 19.2 Å². The van der Waals surface area contributed by atoms with Crippen LogP contribution in [0.4, 0.5) is 9.93 Å². The number of carbonyl (C=O) groups excluding carboxylic acids is 1. The van der Waals surface area contributed by atoms with Crippen LogP contribution in [0.1, 0.15) is 38.3 Å². The molecule has 0 aliphatic heterocycles. The number of anilines is 1. The molecule has 1 heterocycles. The van der Waals surface area contributed by atoms with Gasteiger partial charge in [-0.05, 0) is 18.8 Å². The van der Waals surface area contributed by atoms with Crippen molar-refractivity contribution in [2.75, 3.05) is 18.4 Å². The Bertz CT molecular complexity index is 497. The van der Waals surface area contributed by atoms with Gasteiger partial charge in [0.2, 0.25) is 0 Å². The van der Waals surface area contributed by atoms with Gasteiger partial charge in [0.25, 0.3) is 0 Å². The summed E-state index contributed by atoms with van der Waals surface area (Å²) in [6.45, 7) is 3.98. The molecule has 1 aromatic heterocycles. The summed E-state index contributed by atoms with van der Waals surface area (Å²) in [4.78, 5) is 28.6. The summed E-state index contributed by atoms with van der Waals surface area (Å²) < 4.78 is 0. The van der Waals surface area contributed by atoms with Crippen LogP contribution >= 0.6 is 11.3 Å². The van der Waals surface area contributed by atoms with Gasteiger partial charge in [-0.15, -0.1) is 11.3 Å². The first kappa shape index (κ1) is 14.8. The molecule has 1 aliphatic rings. The Labute approximate surface area is 121 Å². The average molecular weight is 297 g/mol. The van der Waals surface area contributed by atoms with Crippen molar-refractivity contribution in [1.82, 2.24) is 9.88 Å². The molecule has 2 amide bonds. The minimum Gasteiger partial charge on any atom is -0.480 e. The van der Waals surface area contributed by atoms with Gasteiger partial charge < -0.3 is 10.0 Å². The number of nitrogens with zero attached hydrogens (tertiary/aromatic N) is 2. The molecule has 1 saturated carbocycles. The van der Waals surface area contributed by atoms with Crippen molar-refractivity contribution >= 4 is 28.5 Å². The maximum atomic E-state index is 12.1. The summed E-state index contributed by atoms with van der Waals surface area (Å²) in [6.07, 6.45) is 2.32. The molecule has 0 bridgehead atoms. The summed E-state index contributed by atoms with van der Waals surface area (Å²) in [5.41, 5.74) is 1.03. The molecular weight excluding hydrogens is 278 g/mol. The van der Waals surface area contributed by atoms with Crippen LogP contribution in [0.5, 0.6) is 0 Å². The Kier molecular flexibility index (Phi) is 4.59. The molecule has 6 nitrogen and oxygen atoms in total. The number of aliphatic carboxylic acids is 1. The first-order valence-corrected chi connectivity index (χ1v) is 7.56. The lowest BCUT2D eigenvalue weighted by atomic mass is 10.2. The number of carbonyl (C=O) groups is 2. The standard InChI is InChI=1S/C13H19N3O3S/c1-8(2)5-16(6-11(17)18)13(19)15-12-14-10(7-20-12)9-3-4-9/h7-9H,3-6H2,1-2H3,(H,17,18)(H,14,15,19). The Morgan fingerprint density at radius 2 is 2.25 bits per heavy atom. The number of carboxylic acid groups (broad SMARTS) is 1. The highest BCUT2D eigenvalue weighted by Gasteiger charge is 2.26. The summed E-state index contributed by atoms with van der Waals surface area (Å²) in [7, 11) is 0. The zero-order valence-electron chi connectivity index (χ0n) is 11.6. The quantitative estimate of drug-likeness (QED) is 0.845. The summed E-state index contributed by atoms with van der Waals surface area (Å²) in [6, 6.07) is -0.405. The molecule has 1 aromatic rings. The molecule has 0 saturated heterocycles. The van der Waals surface area contributed by atoms with Crippen molar-refractivity contribution < 1.29 is 14.7 Å². The molecule has 2 rings (SSSR count). The van der Waals surface area contributed by atoms with Crippen molar-refractivity contribution in [2.24, 2.45) is 5.92 Å². The maximum absolute atomic E-state index is 12.1. The highest BCUT2D eigenvalue weighted by atomic mass is 32.1. The fraction of sp³-hybridized carbons (Fsp3) is 0.615. The fourth-order valence-electron chi connectivity index (χ4n) is 1.90. The lowest BCUT2D eigenvalue weighted by molar-refractivity contribution is -0.137. The number of aromatic nitrogens is 1. The Hall–Kier alpha value is -1.63. The van der Waals surface area contributed by atoms with Gasteiger partial charge in [0, 0.05) is 17.8 Å². The van der Waals surface area contributed by atoms with Gasteiger partial charge in [0.15, 0.2) is 5.13 Å². The number of thiazole rings is 1. The third-order valence-electron chi connectivity index (χ3n) is 2.93. The van der Waals surface area contributed by atoms with Crippen LogP contribution in [0.3, 0.4) is 0 Å². The van der Waals surface area contributed by atoms with E-state index >= 15 is 0 Å². The van der Waals surface area contributed by atoms with Gasteiger partial charge in [-0.2, -0.15) is 0 Å². The minimum absolute atomic E-state index is 0.207. The average Bonchev–Trinajstić information content (AvgIpc) is 3.08. The first-order chi connectivity index (χ1) is 9.45. The molecule has 0 unspecified atom stereocenters. The second-order valence-corrected chi connectivity index (χ2v) is 6.31. The zero-order valence-corrected chi connectivity index (χ0v) is 12.4. The van der Waals surface area contributed by atoms with Gasteiger partial charge in [-0.3, -0.25) is 10.1 Å². The smallest absolute Gasteiger partial charge is 0.324 e. The fourth-order valence-corrected chi connectivity index (χ4v) is 2.69. The lowest BCUT2D eigenvalue weighted by Crippen LogP contribution is -2.40. The summed E-state index contributed by atoms with van der Waals surface area (Å²) in [5, 5.41) is 14.0. The molecule has 1 aliphatic carbocycles. The van der Waals surface area contributed by atoms with E-state index in [1.54, 1.807) is 0 Å². The largest absolute Gasteiger partial charge is 0.480 e. The SMILES string of the molecule is CC(C)CN(CC(=O)O)C(=O)Nc1nc(C2CC2)cs1. The van der Waals surface area contributed by atoms with Crippen molar-refractivity contribution in [3.8, 4) is 0 Å². The normalized spacial score (nSPS) is 14.3. The van der Waals surface area contributed by atoms with E-state index in [0.29, 0.717) is 17.6 Å². The summed E-state index contributed by atoms with van der Waals surface area (Å²) >= 11 is 1.38. The highest BCUT2D eigenvalue weighted by Crippen LogP contribution is 2.40. The van der Waals surface area contributed by atoms with Crippen LogP contribution in [-0.2, 0) is 4.79 Å². The van der Waals surface area contributed by atoms with Gasteiger partial charge >= 0.3 is 12.0 Å². The number of urea groups is 1. The minimum atomic E-state index is -1.02. The number of amides is 2. The van der Waals surface area contributed by atoms with Gasteiger partial charge in [-0.25, -0.2) is 9.78 Å². The predicted molar refractivity (Wildman–Crippen MR) is 77.2 cm³/mol. The van der Waals surface area contributed by atoms with E-state index in [9.17, 15) is 9.59 Å². The van der Waals surface area contributed by atoms with Crippen molar-refractivity contribution in [3.05, 3.63) is 11.1 Å². The highest BCUT2D eigenvalue weighted by molar-refractivity contribution is 7.13. The van der Waals surface area contributed by atoms with E-state index in [0.717, 1.165) is 18.5 Å². The second-order valence-electron chi connectivity index (χ2n) is 5.45. The molecule has 20 heavy (non-hydrogen) atoms. The van der Waals surface area contributed by atoms with Crippen LogP contribution in [-0.4, -0.2) is 40.1 Å². The van der Waals surface area contributed by atoms with Gasteiger partial charge in [0.1, 0.15) is 6.54 Å². The number of nitrogens with one attached hydrogen (secondary N) is 1.